The molecule has 6 heteroatoms. The fraction of sp³-hybridized carbons (Fsp3) is 1.00. The fourth-order valence-electron chi connectivity index (χ4n) is 0.753. The van der Waals surface area contributed by atoms with E-state index in [1.165, 1.54) is 0 Å². The van der Waals surface area contributed by atoms with Crippen LogP contribution in [0.5, 0.6) is 0 Å². The summed E-state index contributed by atoms with van der Waals surface area (Å²) in [6, 6.07) is 0. The number of ether oxygens (including phenoxy) is 1. The van der Waals surface area contributed by atoms with E-state index >= 15 is 0 Å². The Kier molecular flexibility index (Phi) is 7.08. The summed E-state index contributed by atoms with van der Waals surface area (Å²) >= 11 is 0. The van der Waals surface area contributed by atoms with Gasteiger partial charge >= 0.3 is 0 Å². The number of aliphatic hydroxyl groups is 1. The van der Waals surface area contributed by atoms with Crippen molar-refractivity contribution in [3.05, 3.63) is 0 Å². The largest absolute Gasteiger partial charge is 0.392 e. The molecule has 0 amide bonds. The summed E-state index contributed by atoms with van der Waals surface area (Å²) in [5, 5.41) is 9.13. The highest BCUT2D eigenvalue weighted by Gasteiger charge is 2.11. The Labute approximate surface area is 85.5 Å². The van der Waals surface area contributed by atoms with Crippen molar-refractivity contribution in [2.45, 2.75) is 26.4 Å². The Morgan fingerprint density at radius 3 is 2.57 bits per heavy atom. The molecule has 0 aliphatic rings. The second-order valence-corrected chi connectivity index (χ2v) is 4.85. The second-order valence-electron chi connectivity index (χ2n) is 2.93. The summed E-state index contributed by atoms with van der Waals surface area (Å²) < 4.78 is 29.7. The zero-order chi connectivity index (χ0) is 11.0. The first kappa shape index (κ1) is 13.8. The van der Waals surface area contributed by atoms with Crippen LogP contribution in [0.3, 0.4) is 0 Å². The van der Waals surface area contributed by atoms with E-state index in [9.17, 15) is 8.42 Å². The minimum atomic E-state index is -3.29. The molecule has 0 aliphatic carbocycles. The second kappa shape index (κ2) is 7.17. The first-order valence-corrected chi connectivity index (χ1v) is 6.40. The van der Waals surface area contributed by atoms with Crippen LogP contribution in [0.1, 0.15) is 20.3 Å². The van der Waals surface area contributed by atoms with Crippen LogP contribution in [0, 0.1) is 0 Å². The van der Waals surface area contributed by atoms with Gasteiger partial charge in [-0.3, -0.25) is 0 Å². The highest BCUT2D eigenvalue weighted by atomic mass is 32.2. The quantitative estimate of drug-likeness (QED) is 0.557. The average molecular weight is 225 g/mol. The van der Waals surface area contributed by atoms with Crippen molar-refractivity contribution in [1.29, 1.82) is 0 Å². The maximum atomic E-state index is 11.2. The van der Waals surface area contributed by atoms with Gasteiger partial charge in [0.05, 0.1) is 18.5 Å². The molecule has 0 radical (unpaired) electrons. The highest BCUT2D eigenvalue weighted by Crippen LogP contribution is 1.90. The molecule has 0 saturated carbocycles. The molecule has 1 unspecified atom stereocenters. The van der Waals surface area contributed by atoms with E-state index in [0.717, 1.165) is 0 Å². The van der Waals surface area contributed by atoms with Crippen molar-refractivity contribution in [2.24, 2.45) is 0 Å². The lowest BCUT2D eigenvalue weighted by Crippen LogP contribution is -2.34. The first-order chi connectivity index (χ1) is 6.52. The predicted molar refractivity (Wildman–Crippen MR) is 54.6 cm³/mol. The Morgan fingerprint density at radius 1 is 1.43 bits per heavy atom. The summed E-state index contributed by atoms with van der Waals surface area (Å²) in [6.45, 7) is 4.37. The van der Waals surface area contributed by atoms with E-state index in [2.05, 4.69) is 4.72 Å². The van der Waals surface area contributed by atoms with Crippen LogP contribution >= 0.6 is 0 Å². The fourth-order valence-corrected chi connectivity index (χ4v) is 1.68. The molecule has 0 aromatic heterocycles. The number of hydrogen-bond acceptors (Lipinski definition) is 4. The molecule has 0 aromatic rings. The molecule has 1 atom stereocenters. The van der Waals surface area contributed by atoms with Crippen LogP contribution in [0.2, 0.25) is 0 Å². The van der Waals surface area contributed by atoms with Crippen molar-refractivity contribution < 1.29 is 18.3 Å². The minimum Gasteiger partial charge on any atom is -0.392 e. The van der Waals surface area contributed by atoms with Gasteiger partial charge in [0, 0.05) is 13.2 Å². The highest BCUT2D eigenvalue weighted by molar-refractivity contribution is 7.89. The monoisotopic (exact) mass is 225 g/mol. The Balaban J connectivity index is 3.73. The number of sulfonamides is 1. The maximum absolute atomic E-state index is 11.2. The standard InChI is InChI=1S/C8H19NO4S/c1-3-8(10)7-9-14(11,12)6-5-13-4-2/h8-10H,3-7H2,1-2H3. The van der Waals surface area contributed by atoms with Crippen LogP contribution in [0.15, 0.2) is 0 Å². The van der Waals surface area contributed by atoms with Gasteiger partial charge in [-0.1, -0.05) is 6.92 Å². The van der Waals surface area contributed by atoms with E-state index < -0.39 is 16.1 Å². The van der Waals surface area contributed by atoms with Crippen LogP contribution < -0.4 is 4.72 Å². The molecule has 5 nitrogen and oxygen atoms in total. The minimum absolute atomic E-state index is 0.0583. The van der Waals surface area contributed by atoms with Gasteiger partial charge in [0.15, 0.2) is 0 Å². The van der Waals surface area contributed by atoms with Gasteiger partial charge in [-0.25, -0.2) is 13.1 Å². The molecule has 0 fully saturated rings. The smallest absolute Gasteiger partial charge is 0.213 e. The van der Waals surface area contributed by atoms with Crippen molar-refractivity contribution in [3.8, 4) is 0 Å². The summed E-state index contributed by atoms with van der Waals surface area (Å²) in [5.41, 5.74) is 0. The molecule has 0 bridgehead atoms. The normalized spacial score (nSPS) is 14.2. The lowest BCUT2D eigenvalue weighted by atomic mass is 10.3. The molecular formula is C8H19NO4S. The lowest BCUT2D eigenvalue weighted by molar-refractivity contribution is 0.162. The number of rotatable bonds is 8. The third-order valence-electron chi connectivity index (χ3n) is 1.71. The Morgan fingerprint density at radius 2 is 2.07 bits per heavy atom. The summed E-state index contributed by atoms with van der Waals surface area (Å²) in [6.07, 6.45) is -0.0783. The number of nitrogens with one attached hydrogen (secondary N) is 1. The predicted octanol–water partition coefficient (Wildman–Crippen LogP) is -0.287. The third-order valence-corrected chi connectivity index (χ3v) is 3.02. The molecule has 0 heterocycles. The summed E-state index contributed by atoms with van der Waals surface area (Å²) in [5.74, 6) is -0.0583. The van der Waals surface area contributed by atoms with Gasteiger partial charge in [0.25, 0.3) is 0 Å². The van der Waals surface area contributed by atoms with E-state index in [4.69, 9.17) is 9.84 Å². The molecular weight excluding hydrogens is 206 g/mol. The van der Waals surface area contributed by atoms with Gasteiger partial charge in [0.1, 0.15) is 0 Å². The first-order valence-electron chi connectivity index (χ1n) is 4.75. The topological polar surface area (TPSA) is 75.6 Å². The summed E-state index contributed by atoms with van der Waals surface area (Å²) in [7, 11) is -3.29. The van der Waals surface area contributed by atoms with Crippen LogP contribution in [-0.4, -0.2) is 45.1 Å². The van der Waals surface area contributed by atoms with E-state index in [0.29, 0.717) is 13.0 Å². The van der Waals surface area contributed by atoms with E-state index in [1.54, 1.807) is 13.8 Å². The molecule has 0 rings (SSSR count). The van der Waals surface area contributed by atoms with Crippen LogP contribution in [-0.2, 0) is 14.8 Å². The van der Waals surface area contributed by atoms with Gasteiger partial charge < -0.3 is 9.84 Å². The molecule has 14 heavy (non-hydrogen) atoms. The Bertz CT molecular complexity index is 227. The molecule has 2 N–H and O–H groups in total. The third kappa shape index (κ3) is 7.25. The molecule has 0 spiro atoms. The number of hydrogen-bond donors (Lipinski definition) is 2. The van der Waals surface area contributed by atoms with Crippen molar-refractivity contribution in [1.82, 2.24) is 4.72 Å². The SMILES string of the molecule is CCOCCS(=O)(=O)NCC(O)CC. The van der Waals surface area contributed by atoms with E-state index in [-0.39, 0.29) is 18.9 Å². The van der Waals surface area contributed by atoms with Crippen molar-refractivity contribution >= 4 is 10.0 Å². The zero-order valence-electron chi connectivity index (χ0n) is 8.69. The van der Waals surface area contributed by atoms with Gasteiger partial charge in [-0.2, -0.15) is 0 Å². The van der Waals surface area contributed by atoms with Gasteiger partial charge in [-0.15, -0.1) is 0 Å². The lowest BCUT2D eigenvalue weighted by Gasteiger charge is -2.09. The van der Waals surface area contributed by atoms with Crippen LogP contribution in [0.25, 0.3) is 0 Å². The van der Waals surface area contributed by atoms with E-state index in [1.807, 2.05) is 0 Å². The van der Waals surface area contributed by atoms with Crippen molar-refractivity contribution in [3.63, 3.8) is 0 Å². The van der Waals surface area contributed by atoms with Gasteiger partial charge in [-0.05, 0) is 13.3 Å². The molecule has 86 valence electrons. The molecule has 0 saturated heterocycles. The average Bonchev–Trinajstić information content (AvgIpc) is 2.14. The number of aliphatic hydroxyl groups excluding tert-OH is 1. The molecule has 0 aromatic carbocycles. The van der Waals surface area contributed by atoms with Gasteiger partial charge in [0.2, 0.25) is 10.0 Å². The van der Waals surface area contributed by atoms with Crippen molar-refractivity contribution in [2.75, 3.05) is 25.5 Å². The summed E-state index contributed by atoms with van der Waals surface area (Å²) in [4.78, 5) is 0. The van der Waals surface area contributed by atoms with Crippen LogP contribution in [0.4, 0.5) is 0 Å². The maximum Gasteiger partial charge on any atom is 0.213 e. The zero-order valence-corrected chi connectivity index (χ0v) is 9.51. The Hall–Kier alpha value is -0.170. The molecule has 0 aliphatic heterocycles.